The van der Waals surface area contributed by atoms with Crippen LogP contribution in [0.15, 0.2) is 18.2 Å². The molecule has 37 heavy (non-hydrogen) atoms. The van der Waals surface area contributed by atoms with Crippen LogP contribution < -0.4 is 16.0 Å². The number of anilines is 1. The first kappa shape index (κ1) is 27.9. The first-order chi connectivity index (χ1) is 17.7. The Bertz CT molecular complexity index is 919. The normalized spacial score (nSPS) is 21.9. The van der Waals surface area contributed by atoms with Crippen molar-refractivity contribution >= 4 is 17.6 Å². The second kappa shape index (κ2) is 12.6. The van der Waals surface area contributed by atoms with Crippen molar-refractivity contribution in [2.45, 2.75) is 83.8 Å². The summed E-state index contributed by atoms with van der Waals surface area (Å²) in [6.45, 7) is 13.7. The van der Waals surface area contributed by atoms with E-state index in [1.165, 1.54) is 11.1 Å². The van der Waals surface area contributed by atoms with Gasteiger partial charge in [-0.2, -0.15) is 0 Å². The van der Waals surface area contributed by atoms with E-state index < -0.39 is 0 Å². The maximum Gasteiger partial charge on any atom is 0.319 e. The number of morpholine rings is 1. The van der Waals surface area contributed by atoms with Gasteiger partial charge in [0.15, 0.2) is 0 Å². The van der Waals surface area contributed by atoms with Crippen LogP contribution in [0.2, 0.25) is 0 Å². The summed E-state index contributed by atoms with van der Waals surface area (Å²) in [6.07, 6.45) is 6.07. The van der Waals surface area contributed by atoms with E-state index in [0.717, 1.165) is 63.8 Å². The van der Waals surface area contributed by atoms with Gasteiger partial charge in [-0.25, -0.2) is 4.79 Å². The van der Waals surface area contributed by atoms with Crippen LogP contribution in [0, 0.1) is 5.92 Å². The third-order valence-electron chi connectivity index (χ3n) is 7.87. The first-order valence-corrected chi connectivity index (χ1v) is 14.3. The number of rotatable bonds is 7. The number of nitrogens with zero attached hydrogens (tertiary/aromatic N) is 2. The molecule has 8 nitrogen and oxygen atoms in total. The highest BCUT2D eigenvalue weighted by atomic mass is 16.5. The zero-order valence-corrected chi connectivity index (χ0v) is 23.3. The van der Waals surface area contributed by atoms with Crippen LogP contribution in [0.3, 0.4) is 0 Å². The van der Waals surface area contributed by atoms with Crippen LogP contribution >= 0.6 is 0 Å². The van der Waals surface area contributed by atoms with Gasteiger partial charge in [0.25, 0.3) is 0 Å². The largest absolute Gasteiger partial charge is 0.378 e. The fourth-order valence-electron chi connectivity index (χ4n) is 6.15. The van der Waals surface area contributed by atoms with Crippen LogP contribution in [-0.2, 0) is 22.4 Å². The molecule has 2 saturated heterocycles. The number of urea groups is 1. The summed E-state index contributed by atoms with van der Waals surface area (Å²) in [5.41, 5.74) is 3.17. The van der Waals surface area contributed by atoms with Crippen molar-refractivity contribution in [3.05, 3.63) is 29.3 Å². The van der Waals surface area contributed by atoms with Gasteiger partial charge in [0, 0.05) is 30.4 Å². The minimum Gasteiger partial charge on any atom is -0.378 e. The van der Waals surface area contributed by atoms with E-state index in [1.54, 1.807) is 0 Å². The molecule has 2 heterocycles. The number of carbonyl (C=O) groups is 2. The molecule has 1 aromatic carbocycles. The van der Waals surface area contributed by atoms with Gasteiger partial charge < -0.3 is 25.6 Å². The Morgan fingerprint density at radius 3 is 2.54 bits per heavy atom. The molecule has 3 amide bonds. The van der Waals surface area contributed by atoms with Crippen molar-refractivity contribution in [1.82, 2.24) is 20.4 Å². The number of hydrogen-bond donors (Lipinski definition) is 3. The number of fused-ring (bicyclic) bond motifs is 1. The second-order valence-corrected chi connectivity index (χ2v) is 11.9. The Morgan fingerprint density at radius 1 is 1.14 bits per heavy atom. The van der Waals surface area contributed by atoms with Crippen molar-refractivity contribution in [2.75, 3.05) is 51.3 Å². The standard InChI is InChI=1S/C29H47N5O3/c1-5-14-34(26(22-10-12-30-13-11-22)27(35)33-15-17-37-18-16-33)25-9-7-21-6-8-24(19-23(21)20-25)31-28(36)32-29(2,3)4/h6,8,19,22,25-26,30H,5,7,9-18,20H2,1-4H3,(H2,31,32,36). The van der Waals surface area contributed by atoms with Crippen molar-refractivity contribution in [1.29, 1.82) is 0 Å². The molecule has 3 aliphatic rings. The lowest BCUT2D eigenvalue weighted by molar-refractivity contribution is -0.145. The third-order valence-corrected chi connectivity index (χ3v) is 7.87. The predicted molar refractivity (Wildman–Crippen MR) is 148 cm³/mol. The second-order valence-electron chi connectivity index (χ2n) is 11.9. The summed E-state index contributed by atoms with van der Waals surface area (Å²) in [7, 11) is 0. The Morgan fingerprint density at radius 2 is 1.86 bits per heavy atom. The maximum absolute atomic E-state index is 14.0. The smallest absolute Gasteiger partial charge is 0.319 e. The highest BCUT2D eigenvalue weighted by Crippen LogP contribution is 2.32. The molecule has 2 unspecified atom stereocenters. The Labute approximate surface area is 222 Å². The van der Waals surface area contributed by atoms with Crippen LogP contribution in [-0.4, -0.2) is 85.3 Å². The monoisotopic (exact) mass is 513 g/mol. The number of aryl methyl sites for hydroxylation is 1. The molecular formula is C29H47N5O3. The number of amides is 3. The predicted octanol–water partition coefficient (Wildman–Crippen LogP) is 3.40. The van der Waals surface area contributed by atoms with Gasteiger partial charge in [-0.1, -0.05) is 13.0 Å². The fraction of sp³-hybridized carbons (Fsp3) is 0.724. The summed E-state index contributed by atoms with van der Waals surface area (Å²) in [5, 5.41) is 9.47. The Kier molecular flexibility index (Phi) is 9.48. The SMILES string of the molecule is CCCN(C1CCc2ccc(NC(=O)NC(C)(C)C)cc2C1)C(C(=O)N1CCOCC1)C1CCNCC1. The number of nitrogens with one attached hydrogen (secondary N) is 3. The lowest BCUT2D eigenvalue weighted by atomic mass is 9.83. The van der Waals surface area contributed by atoms with E-state index >= 15 is 0 Å². The van der Waals surface area contributed by atoms with Crippen LogP contribution in [0.4, 0.5) is 10.5 Å². The van der Waals surface area contributed by atoms with Crippen molar-refractivity contribution in [3.8, 4) is 0 Å². The molecule has 2 aliphatic heterocycles. The summed E-state index contributed by atoms with van der Waals surface area (Å²) in [5.74, 6) is 0.669. The molecule has 0 radical (unpaired) electrons. The number of hydrogen-bond acceptors (Lipinski definition) is 5. The molecule has 0 aromatic heterocycles. The molecular weight excluding hydrogens is 466 g/mol. The van der Waals surface area contributed by atoms with Gasteiger partial charge in [0.2, 0.25) is 5.91 Å². The minimum atomic E-state index is -0.291. The molecule has 2 atom stereocenters. The molecule has 2 fully saturated rings. The molecule has 1 aliphatic carbocycles. The van der Waals surface area contributed by atoms with E-state index in [0.29, 0.717) is 44.2 Å². The van der Waals surface area contributed by atoms with Gasteiger partial charge in [0.1, 0.15) is 0 Å². The van der Waals surface area contributed by atoms with E-state index in [4.69, 9.17) is 4.74 Å². The molecule has 8 heteroatoms. The Hall–Kier alpha value is -2.16. The summed E-state index contributed by atoms with van der Waals surface area (Å²) < 4.78 is 5.55. The molecule has 1 aromatic rings. The molecule has 0 spiro atoms. The van der Waals surface area contributed by atoms with Crippen LogP contribution in [0.5, 0.6) is 0 Å². The van der Waals surface area contributed by atoms with Gasteiger partial charge in [-0.05, 0) is 108 Å². The molecule has 0 bridgehead atoms. The lowest BCUT2D eigenvalue weighted by Crippen LogP contribution is -2.59. The van der Waals surface area contributed by atoms with Gasteiger partial charge in [-0.15, -0.1) is 0 Å². The summed E-state index contributed by atoms with van der Waals surface area (Å²) in [6, 6.07) is 6.35. The first-order valence-electron chi connectivity index (χ1n) is 14.3. The highest BCUT2D eigenvalue weighted by Gasteiger charge is 2.40. The lowest BCUT2D eigenvalue weighted by Gasteiger charge is -2.45. The van der Waals surface area contributed by atoms with E-state index in [2.05, 4.69) is 39.9 Å². The van der Waals surface area contributed by atoms with E-state index in [9.17, 15) is 9.59 Å². The van der Waals surface area contributed by atoms with Crippen LogP contribution in [0.25, 0.3) is 0 Å². The summed E-state index contributed by atoms with van der Waals surface area (Å²) >= 11 is 0. The van der Waals surface area contributed by atoms with Gasteiger partial charge in [0.05, 0.1) is 19.3 Å². The quantitative estimate of drug-likeness (QED) is 0.520. The molecule has 206 valence electrons. The van der Waals surface area contributed by atoms with Crippen molar-refractivity contribution < 1.29 is 14.3 Å². The number of ether oxygens (including phenoxy) is 1. The van der Waals surface area contributed by atoms with Gasteiger partial charge >= 0.3 is 6.03 Å². The van der Waals surface area contributed by atoms with Gasteiger partial charge in [-0.3, -0.25) is 9.69 Å². The molecule has 0 saturated carbocycles. The van der Waals surface area contributed by atoms with Crippen molar-refractivity contribution in [2.24, 2.45) is 5.92 Å². The average Bonchev–Trinajstić information content (AvgIpc) is 2.88. The number of benzene rings is 1. The fourth-order valence-corrected chi connectivity index (χ4v) is 6.15. The van der Waals surface area contributed by atoms with E-state index in [1.807, 2.05) is 31.7 Å². The highest BCUT2D eigenvalue weighted by molar-refractivity contribution is 5.89. The average molecular weight is 514 g/mol. The van der Waals surface area contributed by atoms with Crippen LogP contribution in [0.1, 0.15) is 64.5 Å². The van der Waals surface area contributed by atoms with E-state index in [-0.39, 0.29) is 17.6 Å². The number of carbonyl (C=O) groups excluding carboxylic acids is 2. The zero-order chi connectivity index (χ0) is 26.4. The molecule has 3 N–H and O–H groups in total. The third kappa shape index (κ3) is 7.45. The molecule has 4 rings (SSSR count). The minimum absolute atomic E-state index is 0.0782. The van der Waals surface area contributed by atoms with Crippen molar-refractivity contribution in [3.63, 3.8) is 0 Å². The topological polar surface area (TPSA) is 85.9 Å². The maximum atomic E-state index is 14.0. The number of piperidine rings is 1. The Balaban J connectivity index is 1.54. The summed E-state index contributed by atoms with van der Waals surface area (Å²) in [4.78, 5) is 31.1. The zero-order valence-electron chi connectivity index (χ0n) is 23.3.